The van der Waals surface area contributed by atoms with E-state index in [-0.39, 0.29) is 5.75 Å². The van der Waals surface area contributed by atoms with Crippen LogP contribution in [-0.4, -0.2) is 55.5 Å². The molecule has 2 heterocycles. The van der Waals surface area contributed by atoms with Crippen LogP contribution in [0.1, 0.15) is 11.3 Å². The second-order valence-corrected chi connectivity index (χ2v) is 8.86. The third-order valence-electron chi connectivity index (χ3n) is 4.97. The molecule has 0 aliphatic carbocycles. The van der Waals surface area contributed by atoms with Crippen LogP contribution in [0.3, 0.4) is 0 Å². The Bertz CT molecular complexity index is 1050. The molecular weight excluding hydrogens is 374 g/mol. The molecule has 0 unspecified atom stereocenters. The number of hydrogen-bond donors (Lipinski definition) is 0. The molecule has 1 saturated heterocycles. The van der Waals surface area contributed by atoms with Gasteiger partial charge in [-0.15, -0.1) is 0 Å². The summed E-state index contributed by atoms with van der Waals surface area (Å²) in [6, 6.07) is 17.5. The molecule has 0 radical (unpaired) electrons. The van der Waals surface area contributed by atoms with Gasteiger partial charge in [0.15, 0.2) is 5.58 Å². The maximum absolute atomic E-state index is 12.8. The van der Waals surface area contributed by atoms with Crippen LogP contribution in [0.15, 0.2) is 65.2 Å². The van der Waals surface area contributed by atoms with Crippen molar-refractivity contribution in [1.82, 2.24) is 14.4 Å². The molecule has 4 rings (SSSR count). The normalized spacial score (nSPS) is 16.9. The first kappa shape index (κ1) is 18.9. The van der Waals surface area contributed by atoms with E-state index in [2.05, 4.69) is 34.3 Å². The summed E-state index contributed by atoms with van der Waals surface area (Å²) in [5, 5.41) is 4.72. The number of fused-ring (bicyclic) bond motifs is 1. The number of nitrogens with zero attached hydrogens (tertiary/aromatic N) is 3. The average molecular weight is 398 g/mol. The van der Waals surface area contributed by atoms with E-state index in [0.29, 0.717) is 24.4 Å². The van der Waals surface area contributed by atoms with Gasteiger partial charge in [0, 0.05) is 38.1 Å². The molecule has 7 heteroatoms. The first-order valence-corrected chi connectivity index (χ1v) is 11.0. The number of rotatable bonds is 6. The van der Waals surface area contributed by atoms with Crippen molar-refractivity contribution < 1.29 is 12.9 Å². The second kappa shape index (κ2) is 8.26. The van der Waals surface area contributed by atoms with Gasteiger partial charge in [-0.05, 0) is 17.7 Å². The molecule has 0 atom stereocenters. The molecule has 6 nitrogen and oxygen atoms in total. The zero-order chi connectivity index (χ0) is 19.4. The van der Waals surface area contributed by atoms with E-state index < -0.39 is 10.0 Å². The summed E-state index contributed by atoms with van der Waals surface area (Å²) in [5.41, 5.74) is 2.26. The van der Waals surface area contributed by atoms with Gasteiger partial charge >= 0.3 is 0 Å². The van der Waals surface area contributed by atoms with E-state index in [1.165, 1.54) is 5.56 Å². The number of benzene rings is 2. The number of piperazine rings is 1. The lowest BCUT2D eigenvalue weighted by Crippen LogP contribution is -2.48. The zero-order valence-electron chi connectivity index (χ0n) is 15.6. The minimum absolute atomic E-state index is 0.127. The van der Waals surface area contributed by atoms with E-state index in [1.54, 1.807) is 10.4 Å². The molecule has 1 fully saturated rings. The first-order chi connectivity index (χ1) is 13.6. The first-order valence-electron chi connectivity index (χ1n) is 9.37. The van der Waals surface area contributed by atoms with Gasteiger partial charge in [-0.1, -0.05) is 59.8 Å². The summed E-state index contributed by atoms with van der Waals surface area (Å²) in [5.74, 6) is -0.127. The van der Waals surface area contributed by atoms with Crippen LogP contribution < -0.4 is 0 Å². The number of sulfonamides is 1. The maximum Gasteiger partial charge on any atom is 0.220 e. The van der Waals surface area contributed by atoms with Crippen molar-refractivity contribution in [3.63, 3.8) is 0 Å². The third-order valence-corrected chi connectivity index (χ3v) is 6.76. The Hall–Kier alpha value is -2.48. The van der Waals surface area contributed by atoms with Crippen LogP contribution in [0, 0.1) is 0 Å². The molecular formula is C21H23N3O3S. The van der Waals surface area contributed by atoms with Gasteiger partial charge in [0.25, 0.3) is 0 Å². The van der Waals surface area contributed by atoms with Gasteiger partial charge in [-0.25, -0.2) is 8.42 Å². The SMILES string of the molecule is O=S(=O)(Cc1noc2ccccc12)N1CCN(CC=Cc2ccccc2)CC1. The number of aromatic nitrogens is 1. The van der Waals surface area contributed by atoms with Gasteiger partial charge in [0.2, 0.25) is 10.0 Å². The standard InChI is InChI=1S/C21H23N3O3S/c25-28(26,17-20-19-10-4-5-11-21(19)27-22-20)24-15-13-23(14-16-24)12-6-9-18-7-2-1-3-8-18/h1-11H,12-17H2. The lowest BCUT2D eigenvalue weighted by atomic mass is 10.2. The van der Waals surface area contributed by atoms with Crippen molar-refractivity contribution >= 4 is 27.1 Å². The average Bonchev–Trinajstić information content (AvgIpc) is 3.12. The monoisotopic (exact) mass is 397 g/mol. The van der Waals surface area contributed by atoms with Crippen molar-refractivity contribution in [2.24, 2.45) is 0 Å². The zero-order valence-corrected chi connectivity index (χ0v) is 16.4. The largest absolute Gasteiger partial charge is 0.356 e. The molecule has 146 valence electrons. The quantitative estimate of drug-likeness (QED) is 0.640. The highest BCUT2D eigenvalue weighted by molar-refractivity contribution is 7.88. The summed E-state index contributed by atoms with van der Waals surface area (Å²) in [4.78, 5) is 2.26. The highest BCUT2D eigenvalue weighted by Crippen LogP contribution is 2.21. The van der Waals surface area contributed by atoms with Crippen molar-refractivity contribution in [2.75, 3.05) is 32.7 Å². The molecule has 0 amide bonds. The maximum atomic E-state index is 12.8. The van der Waals surface area contributed by atoms with Crippen molar-refractivity contribution in [3.05, 3.63) is 71.9 Å². The molecule has 0 N–H and O–H groups in total. The minimum atomic E-state index is -3.42. The summed E-state index contributed by atoms with van der Waals surface area (Å²) in [6.45, 7) is 3.25. The van der Waals surface area contributed by atoms with Crippen LogP contribution in [0.5, 0.6) is 0 Å². The molecule has 0 spiro atoms. The molecule has 2 aromatic carbocycles. The van der Waals surface area contributed by atoms with Crippen LogP contribution in [-0.2, 0) is 15.8 Å². The Labute approximate surface area is 165 Å². The van der Waals surface area contributed by atoms with Crippen molar-refractivity contribution in [1.29, 1.82) is 0 Å². The van der Waals surface area contributed by atoms with Crippen LogP contribution in [0.25, 0.3) is 17.0 Å². The van der Waals surface area contributed by atoms with Gasteiger partial charge in [0.05, 0.1) is 0 Å². The molecule has 1 aliphatic heterocycles. The topological polar surface area (TPSA) is 66.7 Å². The third kappa shape index (κ3) is 4.32. The van der Waals surface area contributed by atoms with Crippen LogP contribution in [0.4, 0.5) is 0 Å². The minimum Gasteiger partial charge on any atom is -0.356 e. The number of hydrogen-bond acceptors (Lipinski definition) is 5. The predicted molar refractivity (Wildman–Crippen MR) is 110 cm³/mol. The second-order valence-electron chi connectivity index (χ2n) is 6.89. The predicted octanol–water partition coefficient (Wildman–Crippen LogP) is 2.99. The summed E-state index contributed by atoms with van der Waals surface area (Å²) in [6.07, 6.45) is 4.22. The van der Waals surface area contributed by atoms with Gasteiger partial charge in [-0.2, -0.15) is 4.31 Å². The van der Waals surface area contributed by atoms with E-state index in [1.807, 2.05) is 36.4 Å². The van der Waals surface area contributed by atoms with E-state index in [0.717, 1.165) is 25.0 Å². The van der Waals surface area contributed by atoms with Crippen molar-refractivity contribution in [3.8, 4) is 0 Å². The lowest BCUT2D eigenvalue weighted by molar-refractivity contribution is 0.204. The van der Waals surface area contributed by atoms with E-state index in [9.17, 15) is 8.42 Å². The Morgan fingerprint density at radius 3 is 2.46 bits per heavy atom. The summed E-state index contributed by atoms with van der Waals surface area (Å²) < 4.78 is 32.4. The van der Waals surface area contributed by atoms with E-state index >= 15 is 0 Å². The molecule has 0 saturated carbocycles. The fourth-order valence-electron chi connectivity index (χ4n) is 3.40. The fraction of sp³-hybridized carbons (Fsp3) is 0.286. The fourth-order valence-corrected chi connectivity index (χ4v) is 4.85. The van der Waals surface area contributed by atoms with E-state index in [4.69, 9.17) is 4.52 Å². The summed E-state index contributed by atoms with van der Waals surface area (Å²) in [7, 11) is -3.42. The molecule has 3 aromatic rings. The molecule has 28 heavy (non-hydrogen) atoms. The van der Waals surface area contributed by atoms with Gasteiger partial charge in [0.1, 0.15) is 11.4 Å². The molecule has 0 bridgehead atoms. The Balaban J connectivity index is 1.33. The smallest absolute Gasteiger partial charge is 0.220 e. The lowest BCUT2D eigenvalue weighted by Gasteiger charge is -2.33. The highest BCUT2D eigenvalue weighted by Gasteiger charge is 2.28. The number of para-hydroxylation sites is 1. The van der Waals surface area contributed by atoms with Gasteiger partial charge in [-0.3, -0.25) is 4.90 Å². The van der Waals surface area contributed by atoms with Crippen LogP contribution >= 0.6 is 0 Å². The highest BCUT2D eigenvalue weighted by atomic mass is 32.2. The Morgan fingerprint density at radius 1 is 0.964 bits per heavy atom. The van der Waals surface area contributed by atoms with Crippen molar-refractivity contribution in [2.45, 2.75) is 5.75 Å². The Morgan fingerprint density at radius 2 is 1.68 bits per heavy atom. The molecule has 1 aromatic heterocycles. The molecule has 1 aliphatic rings. The Kier molecular flexibility index (Phi) is 5.57. The van der Waals surface area contributed by atoms with Gasteiger partial charge < -0.3 is 4.52 Å². The summed E-state index contributed by atoms with van der Waals surface area (Å²) >= 11 is 0. The van der Waals surface area contributed by atoms with Crippen LogP contribution in [0.2, 0.25) is 0 Å².